The lowest BCUT2D eigenvalue weighted by atomic mass is 10.1. The number of likely N-dealkylation sites (tertiary alicyclic amines) is 1. The van der Waals surface area contributed by atoms with Gasteiger partial charge in [-0.1, -0.05) is 29.3 Å². The van der Waals surface area contributed by atoms with Crippen molar-refractivity contribution in [3.05, 3.63) is 28.2 Å². The zero-order valence-corrected chi connectivity index (χ0v) is 24.6. The average molecular weight is 637 g/mol. The van der Waals surface area contributed by atoms with E-state index < -0.39 is 64.7 Å². The van der Waals surface area contributed by atoms with E-state index in [1.165, 1.54) is 11.8 Å². The van der Waals surface area contributed by atoms with Crippen molar-refractivity contribution in [2.75, 3.05) is 12.8 Å². The standard InChI is InChI=1S/C22H27Cl2N7O7S2/c1-12(30-9-4-3-8-15(21(30)36)28-40(2,37)38)20(35)25-16(10-18(33)34)17(32)11-31-27-22(26-29-31)39-19-13(23)6-5-7-14(19)24/h5-7,12,15-16,28H,3-4,8-11H2,1-2H3,(H,25,35)(H,33,34). The number of amides is 2. The summed E-state index contributed by atoms with van der Waals surface area (Å²) in [6.45, 7) is 1.10. The Bertz CT molecular complexity index is 1370. The molecule has 2 aromatic rings. The molecule has 0 radical (unpaired) electrons. The minimum Gasteiger partial charge on any atom is -0.481 e. The fourth-order valence-electron chi connectivity index (χ4n) is 3.93. The number of halogens is 2. The average Bonchev–Trinajstić information content (AvgIpc) is 3.22. The minimum absolute atomic E-state index is 0.132. The predicted molar refractivity (Wildman–Crippen MR) is 144 cm³/mol. The Balaban J connectivity index is 1.69. The zero-order valence-electron chi connectivity index (χ0n) is 21.4. The first kappa shape index (κ1) is 31.7. The molecule has 0 aliphatic carbocycles. The molecular formula is C22H27Cl2N7O7S2. The SMILES string of the molecule is CC(C(=O)NC(CC(=O)O)C(=O)Cn1nnc(Sc2c(Cl)cccc2Cl)n1)N1CCCCC(NS(C)(=O)=O)C1=O. The van der Waals surface area contributed by atoms with Crippen LogP contribution in [0, 0.1) is 0 Å². The van der Waals surface area contributed by atoms with Crippen LogP contribution in [0.15, 0.2) is 28.3 Å². The molecule has 1 aromatic carbocycles. The van der Waals surface area contributed by atoms with Crippen LogP contribution in [0.3, 0.4) is 0 Å². The van der Waals surface area contributed by atoms with Gasteiger partial charge < -0.3 is 15.3 Å². The lowest BCUT2D eigenvalue weighted by Crippen LogP contribution is -2.56. The van der Waals surface area contributed by atoms with Gasteiger partial charge in [-0.25, -0.2) is 13.1 Å². The Morgan fingerprint density at radius 3 is 2.52 bits per heavy atom. The number of rotatable bonds is 12. The van der Waals surface area contributed by atoms with Crippen LogP contribution < -0.4 is 10.0 Å². The quantitative estimate of drug-likeness (QED) is 0.301. The molecule has 218 valence electrons. The summed E-state index contributed by atoms with van der Waals surface area (Å²) in [6.07, 6.45) is 1.56. The summed E-state index contributed by atoms with van der Waals surface area (Å²) >= 11 is 13.3. The number of carboxylic acids is 1. The number of carbonyl (C=O) groups excluding carboxylic acids is 3. The Morgan fingerprint density at radius 1 is 1.23 bits per heavy atom. The van der Waals surface area contributed by atoms with E-state index >= 15 is 0 Å². The fourth-order valence-corrected chi connectivity index (χ4v) is 6.02. The van der Waals surface area contributed by atoms with Crippen molar-refractivity contribution in [1.82, 2.24) is 35.1 Å². The summed E-state index contributed by atoms with van der Waals surface area (Å²) in [6, 6.07) is 1.33. The molecule has 0 saturated carbocycles. The van der Waals surface area contributed by atoms with Crippen LogP contribution in [0.5, 0.6) is 0 Å². The van der Waals surface area contributed by atoms with Crippen molar-refractivity contribution in [1.29, 1.82) is 0 Å². The maximum absolute atomic E-state index is 13.0. The van der Waals surface area contributed by atoms with E-state index in [1.54, 1.807) is 18.2 Å². The van der Waals surface area contributed by atoms with Gasteiger partial charge in [0.15, 0.2) is 5.78 Å². The second kappa shape index (κ2) is 13.7. The third-order valence-electron chi connectivity index (χ3n) is 5.85. The summed E-state index contributed by atoms with van der Waals surface area (Å²) in [5.74, 6) is -3.41. The largest absolute Gasteiger partial charge is 0.481 e. The molecule has 3 atom stereocenters. The van der Waals surface area contributed by atoms with Crippen molar-refractivity contribution >= 4 is 68.6 Å². The second-order valence-corrected chi connectivity index (χ2v) is 12.6. The molecule has 2 heterocycles. The van der Waals surface area contributed by atoms with E-state index in [0.29, 0.717) is 27.8 Å². The van der Waals surface area contributed by atoms with E-state index in [4.69, 9.17) is 23.2 Å². The van der Waals surface area contributed by atoms with Crippen LogP contribution in [-0.2, 0) is 35.7 Å². The Kier molecular flexibility index (Phi) is 10.9. The van der Waals surface area contributed by atoms with E-state index in [0.717, 1.165) is 22.8 Å². The molecule has 1 aromatic heterocycles. The molecule has 0 spiro atoms. The molecule has 3 unspecified atom stereocenters. The molecule has 0 bridgehead atoms. The minimum atomic E-state index is -3.68. The summed E-state index contributed by atoms with van der Waals surface area (Å²) in [5, 5.41) is 24.3. The van der Waals surface area contributed by atoms with Gasteiger partial charge >= 0.3 is 5.97 Å². The normalized spacial score (nSPS) is 17.6. The van der Waals surface area contributed by atoms with E-state index in [-0.39, 0.29) is 18.1 Å². The van der Waals surface area contributed by atoms with Crippen LogP contribution in [0.25, 0.3) is 0 Å². The highest BCUT2D eigenvalue weighted by Gasteiger charge is 2.35. The summed E-state index contributed by atoms with van der Waals surface area (Å²) < 4.78 is 25.6. The third kappa shape index (κ3) is 8.86. The number of ketones is 1. The number of aliphatic carboxylic acids is 1. The van der Waals surface area contributed by atoms with Gasteiger partial charge in [-0.3, -0.25) is 19.2 Å². The van der Waals surface area contributed by atoms with Crippen molar-refractivity contribution in [2.45, 2.75) is 67.3 Å². The van der Waals surface area contributed by atoms with Crippen LogP contribution in [0.2, 0.25) is 10.0 Å². The van der Waals surface area contributed by atoms with Gasteiger partial charge in [0, 0.05) is 6.54 Å². The summed E-state index contributed by atoms with van der Waals surface area (Å²) in [4.78, 5) is 53.1. The number of sulfonamides is 1. The maximum atomic E-state index is 13.0. The van der Waals surface area contributed by atoms with Gasteiger partial charge in [0.1, 0.15) is 24.7 Å². The van der Waals surface area contributed by atoms with Gasteiger partial charge in [0.25, 0.3) is 0 Å². The predicted octanol–water partition coefficient (Wildman–Crippen LogP) is 0.978. The molecule has 1 aliphatic rings. The zero-order chi connectivity index (χ0) is 29.6. The van der Waals surface area contributed by atoms with Gasteiger partial charge in [-0.2, -0.15) is 4.80 Å². The monoisotopic (exact) mass is 635 g/mol. The third-order valence-corrected chi connectivity index (χ3v) is 8.41. The molecule has 14 nitrogen and oxygen atoms in total. The number of tetrazole rings is 1. The Morgan fingerprint density at radius 2 is 1.90 bits per heavy atom. The highest BCUT2D eigenvalue weighted by molar-refractivity contribution is 7.99. The van der Waals surface area contributed by atoms with Gasteiger partial charge in [-0.15, -0.1) is 10.2 Å². The number of aromatic nitrogens is 4. The van der Waals surface area contributed by atoms with Crippen molar-refractivity contribution in [3.8, 4) is 0 Å². The highest BCUT2D eigenvalue weighted by Crippen LogP contribution is 2.36. The molecule has 40 heavy (non-hydrogen) atoms. The molecule has 1 aliphatic heterocycles. The lowest BCUT2D eigenvalue weighted by Gasteiger charge is -2.30. The maximum Gasteiger partial charge on any atom is 0.305 e. The summed E-state index contributed by atoms with van der Waals surface area (Å²) in [7, 11) is -3.68. The van der Waals surface area contributed by atoms with Gasteiger partial charge in [0.05, 0.1) is 27.6 Å². The molecule has 18 heteroatoms. The van der Waals surface area contributed by atoms with E-state index in [1.807, 2.05) is 0 Å². The van der Waals surface area contributed by atoms with Crippen molar-refractivity contribution in [2.24, 2.45) is 0 Å². The number of benzene rings is 1. The van der Waals surface area contributed by atoms with Crippen LogP contribution in [0.4, 0.5) is 0 Å². The molecule has 3 rings (SSSR count). The number of carbonyl (C=O) groups is 4. The number of nitrogens with one attached hydrogen (secondary N) is 2. The Labute approximate surface area is 244 Å². The molecular weight excluding hydrogens is 609 g/mol. The van der Waals surface area contributed by atoms with Crippen LogP contribution in [0.1, 0.15) is 32.6 Å². The van der Waals surface area contributed by atoms with Gasteiger partial charge in [-0.05, 0) is 55.3 Å². The van der Waals surface area contributed by atoms with Crippen molar-refractivity contribution < 1.29 is 32.7 Å². The first-order valence-electron chi connectivity index (χ1n) is 12.0. The first-order chi connectivity index (χ1) is 18.7. The fraction of sp³-hybridized carbons (Fsp3) is 0.500. The lowest BCUT2D eigenvalue weighted by molar-refractivity contribution is -0.143. The summed E-state index contributed by atoms with van der Waals surface area (Å²) in [5.41, 5.74) is 0. The molecule has 1 saturated heterocycles. The number of carboxylic acid groups (broad SMARTS) is 1. The number of hydrogen-bond donors (Lipinski definition) is 3. The second-order valence-electron chi connectivity index (χ2n) is 9.03. The molecule has 1 fully saturated rings. The van der Waals surface area contributed by atoms with Crippen molar-refractivity contribution in [3.63, 3.8) is 0 Å². The molecule has 2 amide bonds. The highest BCUT2D eigenvalue weighted by atomic mass is 35.5. The number of Topliss-reactive ketones (excluding diaryl/α,β-unsaturated/α-hetero) is 1. The van der Waals surface area contributed by atoms with Crippen LogP contribution >= 0.6 is 35.0 Å². The number of nitrogens with zero attached hydrogens (tertiary/aromatic N) is 5. The number of hydrogen-bond acceptors (Lipinski definition) is 10. The van der Waals surface area contributed by atoms with Gasteiger partial charge in [0.2, 0.25) is 27.0 Å². The molecule has 3 N–H and O–H groups in total. The first-order valence-corrected chi connectivity index (χ1v) is 15.4. The smallest absolute Gasteiger partial charge is 0.305 e. The van der Waals surface area contributed by atoms with Crippen LogP contribution in [-0.4, -0.2) is 93.1 Å². The topological polar surface area (TPSA) is 194 Å². The van der Waals surface area contributed by atoms with E-state index in [9.17, 15) is 32.7 Å². The Hall–Kier alpha value is -2.79. The van der Waals surface area contributed by atoms with E-state index in [2.05, 4.69) is 25.4 Å².